The second kappa shape index (κ2) is 8.69. The van der Waals surface area contributed by atoms with E-state index in [1.54, 1.807) is 18.2 Å². The molecule has 2 aromatic rings. The number of thioether (sulfide) groups is 1. The minimum absolute atomic E-state index is 0.222. The summed E-state index contributed by atoms with van der Waals surface area (Å²) in [5.74, 6) is 0.0652. The first-order chi connectivity index (χ1) is 12.9. The maximum atomic E-state index is 12.6. The first kappa shape index (κ1) is 20.3. The van der Waals surface area contributed by atoms with Crippen molar-refractivity contribution in [1.29, 1.82) is 0 Å². The number of benzene rings is 2. The Balaban J connectivity index is 1.82. The van der Waals surface area contributed by atoms with Crippen LogP contribution >= 0.6 is 50.9 Å². The summed E-state index contributed by atoms with van der Waals surface area (Å²) in [5.41, 5.74) is 1.50. The second-order valence-electron chi connectivity index (χ2n) is 5.64. The standard InChI is InChI=1S/C19H14BrCl2NO3S/c1-2-26-17-14(21)7-12(8-15(17)22)9-16-18(24)23(19(25)27-16)10-11-3-5-13(20)6-4-11/h3-9H,2,10H2,1H3/b16-9-. The molecule has 2 aromatic carbocycles. The van der Waals surface area contributed by atoms with Gasteiger partial charge in [-0.05, 0) is 60.2 Å². The first-order valence-electron chi connectivity index (χ1n) is 8.00. The Labute approximate surface area is 179 Å². The van der Waals surface area contributed by atoms with E-state index < -0.39 is 0 Å². The number of carbonyl (C=O) groups excluding carboxylic acids is 2. The molecule has 0 aliphatic carbocycles. The van der Waals surface area contributed by atoms with E-state index in [0.29, 0.717) is 32.9 Å². The Morgan fingerprint density at radius 2 is 1.78 bits per heavy atom. The predicted molar refractivity (Wildman–Crippen MR) is 113 cm³/mol. The van der Waals surface area contributed by atoms with Crippen LogP contribution in [0.25, 0.3) is 6.08 Å². The average Bonchev–Trinajstić information content (AvgIpc) is 2.87. The molecule has 27 heavy (non-hydrogen) atoms. The van der Waals surface area contributed by atoms with E-state index in [4.69, 9.17) is 27.9 Å². The van der Waals surface area contributed by atoms with Crippen LogP contribution in [0, 0.1) is 0 Å². The number of ether oxygens (including phenoxy) is 1. The maximum Gasteiger partial charge on any atom is 0.293 e. The average molecular weight is 487 g/mol. The number of imide groups is 1. The molecular formula is C19H14BrCl2NO3S. The molecule has 3 rings (SSSR count). The Hall–Kier alpha value is -1.47. The highest BCUT2D eigenvalue weighted by atomic mass is 79.9. The highest BCUT2D eigenvalue weighted by Crippen LogP contribution is 2.37. The zero-order valence-electron chi connectivity index (χ0n) is 14.2. The lowest BCUT2D eigenvalue weighted by Crippen LogP contribution is -2.27. The predicted octanol–water partition coefficient (Wildman–Crippen LogP) is 6.39. The molecule has 0 N–H and O–H groups in total. The smallest absolute Gasteiger partial charge is 0.293 e. The summed E-state index contributed by atoms with van der Waals surface area (Å²) >= 11 is 16.7. The van der Waals surface area contributed by atoms with Gasteiger partial charge in [0.15, 0.2) is 5.75 Å². The van der Waals surface area contributed by atoms with Crippen LogP contribution in [0.1, 0.15) is 18.1 Å². The fourth-order valence-electron chi connectivity index (χ4n) is 2.51. The number of nitrogens with zero attached hydrogens (tertiary/aromatic N) is 1. The van der Waals surface area contributed by atoms with Crippen molar-refractivity contribution < 1.29 is 14.3 Å². The van der Waals surface area contributed by atoms with Gasteiger partial charge in [-0.15, -0.1) is 0 Å². The molecule has 4 nitrogen and oxygen atoms in total. The van der Waals surface area contributed by atoms with Gasteiger partial charge in [-0.2, -0.15) is 0 Å². The van der Waals surface area contributed by atoms with Gasteiger partial charge in [-0.3, -0.25) is 14.5 Å². The molecular weight excluding hydrogens is 473 g/mol. The minimum Gasteiger partial charge on any atom is -0.491 e. The fraction of sp³-hybridized carbons (Fsp3) is 0.158. The molecule has 0 radical (unpaired) electrons. The van der Waals surface area contributed by atoms with Gasteiger partial charge >= 0.3 is 0 Å². The summed E-state index contributed by atoms with van der Waals surface area (Å²) in [7, 11) is 0. The van der Waals surface area contributed by atoms with Crippen LogP contribution in [0.3, 0.4) is 0 Å². The lowest BCUT2D eigenvalue weighted by molar-refractivity contribution is -0.123. The molecule has 1 heterocycles. The van der Waals surface area contributed by atoms with Crippen molar-refractivity contribution in [3.63, 3.8) is 0 Å². The molecule has 140 valence electrons. The highest BCUT2D eigenvalue weighted by Gasteiger charge is 2.35. The molecule has 0 saturated carbocycles. The quantitative estimate of drug-likeness (QED) is 0.459. The summed E-state index contributed by atoms with van der Waals surface area (Å²) in [6, 6.07) is 10.8. The van der Waals surface area contributed by atoms with E-state index in [-0.39, 0.29) is 17.7 Å². The topological polar surface area (TPSA) is 46.6 Å². The third kappa shape index (κ3) is 4.69. The van der Waals surface area contributed by atoms with Crippen molar-refractivity contribution in [3.05, 3.63) is 66.9 Å². The van der Waals surface area contributed by atoms with E-state index in [9.17, 15) is 9.59 Å². The van der Waals surface area contributed by atoms with E-state index >= 15 is 0 Å². The normalized spacial score (nSPS) is 15.7. The van der Waals surface area contributed by atoms with E-state index in [0.717, 1.165) is 21.8 Å². The lowest BCUT2D eigenvalue weighted by Gasteiger charge is -2.12. The number of halogens is 3. The van der Waals surface area contributed by atoms with Crippen molar-refractivity contribution in [2.45, 2.75) is 13.5 Å². The number of hydrogen-bond donors (Lipinski definition) is 0. The summed E-state index contributed by atoms with van der Waals surface area (Å²) in [6.45, 7) is 2.50. The molecule has 1 aliphatic heterocycles. The van der Waals surface area contributed by atoms with E-state index in [1.807, 2.05) is 31.2 Å². The van der Waals surface area contributed by atoms with Gasteiger partial charge < -0.3 is 4.74 Å². The second-order valence-corrected chi connectivity index (χ2v) is 8.36. The number of carbonyl (C=O) groups is 2. The van der Waals surface area contributed by atoms with Gasteiger partial charge in [-0.1, -0.05) is 51.3 Å². The minimum atomic E-state index is -0.339. The van der Waals surface area contributed by atoms with E-state index in [2.05, 4.69) is 15.9 Å². The molecule has 0 unspecified atom stereocenters. The molecule has 8 heteroatoms. The molecule has 1 aliphatic rings. The van der Waals surface area contributed by atoms with Crippen molar-refractivity contribution in [3.8, 4) is 5.75 Å². The molecule has 0 bridgehead atoms. The third-order valence-electron chi connectivity index (χ3n) is 3.73. The lowest BCUT2D eigenvalue weighted by atomic mass is 10.2. The third-order valence-corrected chi connectivity index (χ3v) is 5.73. The van der Waals surface area contributed by atoms with Gasteiger partial charge in [0.25, 0.3) is 11.1 Å². The monoisotopic (exact) mass is 485 g/mol. The van der Waals surface area contributed by atoms with Crippen LogP contribution in [0.15, 0.2) is 45.8 Å². The van der Waals surface area contributed by atoms with Gasteiger partial charge in [-0.25, -0.2) is 0 Å². The zero-order chi connectivity index (χ0) is 19.6. The van der Waals surface area contributed by atoms with Gasteiger partial charge in [0.2, 0.25) is 0 Å². The molecule has 2 amide bonds. The fourth-order valence-corrected chi connectivity index (χ4v) is 4.22. The van der Waals surface area contributed by atoms with Crippen LogP contribution in [-0.4, -0.2) is 22.7 Å². The number of hydrogen-bond acceptors (Lipinski definition) is 4. The Morgan fingerprint density at radius 1 is 1.15 bits per heavy atom. The SMILES string of the molecule is CCOc1c(Cl)cc(/C=C2\SC(=O)N(Cc3ccc(Br)cc3)C2=O)cc1Cl. The Morgan fingerprint density at radius 3 is 2.37 bits per heavy atom. The molecule has 1 saturated heterocycles. The van der Waals surface area contributed by atoms with Crippen LogP contribution in [0.5, 0.6) is 5.75 Å². The van der Waals surface area contributed by atoms with Crippen molar-refractivity contribution in [2.24, 2.45) is 0 Å². The van der Waals surface area contributed by atoms with Gasteiger partial charge in [0.1, 0.15) is 0 Å². The Kier molecular flexibility index (Phi) is 6.52. The van der Waals surface area contributed by atoms with Crippen LogP contribution < -0.4 is 4.74 Å². The summed E-state index contributed by atoms with van der Waals surface area (Å²) in [4.78, 5) is 26.5. The van der Waals surface area contributed by atoms with Crippen LogP contribution in [0.2, 0.25) is 10.0 Å². The van der Waals surface area contributed by atoms with Gasteiger partial charge in [0, 0.05) is 4.47 Å². The molecule has 0 aromatic heterocycles. The molecule has 0 atom stereocenters. The summed E-state index contributed by atoms with van der Waals surface area (Å²) in [5, 5.41) is 0.395. The number of amides is 2. The van der Waals surface area contributed by atoms with Crippen LogP contribution in [-0.2, 0) is 11.3 Å². The largest absolute Gasteiger partial charge is 0.491 e. The summed E-state index contributed by atoms with van der Waals surface area (Å²) < 4.78 is 6.33. The number of rotatable bonds is 5. The van der Waals surface area contributed by atoms with Crippen molar-refractivity contribution in [1.82, 2.24) is 4.90 Å². The van der Waals surface area contributed by atoms with Gasteiger partial charge in [0.05, 0.1) is 28.1 Å². The maximum absolute atomic E-state index is 12.6. The van der Waals surface area contributed by atoms with Crippen molar-refractivity contribution in [2.75, 3.05) is 6.61 Å². The summed E-state index contributed by atoms with van der Waals surface area (Å²) in [6.07, 6.45) is 1.61. The zero-order valence-corrected chi connectivity index (χ0v) is 18.1. The molecule has 0 spiro atoms. The Bertz CT molecular complexity index is 908. The first-order valence-corrected chi connectivity index (χ1v) is 10.4. The van der Waals surface area contributed by atoms with Crippen LogP contribution in [0.4, 0.5) is 4.79 Å². The highest BCUT2D eigenvalue weighted by molar-refractivity contribution is 9.10. The van der Waals surface area contributed by atoms with Crippen molar-refractivity contribution >= 4 is 68.1 Å². The molecule has 1 fully saturated rings. The van der Waals surface area contributed by atoms with E-state index in [1.165, 1.54) is 4.90 Å².